The zero-order valence-electron chi connectivity index (χ0n) is 28.0. The summed E-state index contributed by atoms with van der Waals surface area (Å²) in [6, 6.07) is 57.4. The van der Waals surface area contributed by atoms with E-state index in [-0.39, 0.29) is 0 Å². The van der Waals surface area contributed by atoms with Crippen molar-refractivity contribution in [1.82, 2.24) is 0 Å². The van der Waals surface area contributed by atoms with Crippen LogP contribution in [0.4, 0.5) is 17.1 Å². The van der Waals surface area contributed by atoms with Crippen molar-refractivity contribution in [3.63, 3.8) is 0 Å². The van der Waals surface area contributed by atoms with Gasteiger partial charge in [0.1, 0.15) is 0 Å². The van der Waals surface area contributed by atoms with Crippen molar-refractivity contribution < 1.29 is 0 Å². The van der Waals surface area contributed by atoms with Crippen molar-refractivity contribution in [2.75, 3.05) is 4.90 Å². The molecule has 0 saturated heterocycles. The number of hydrogen-bond acceptors (Lipinski definition) is 1. The van der Waals surface area contributed by atoms with Crippen molar-refractivity contribution in [2.24, 2.45) is 0 Å². The van der Waals surface area contributed by atoms with E-state index in [2.05, 4.69) is 187 Å². The molecular weight excluding hydrogens is 567 g/mol. The highest BCUT2D eigenvalue weighted by Gasteiger charge is 2.12. The lowest BCUT2D eigenvalue weighted by Crippen LogP contribution is -2.09. The first-order valence-electron chi connectivity index (χ1n) is 16.6. The van der Waals surface area contributed by atoms with Crippen LogP contribution >= 0.6 is 0 Å². The van der Waals surface area contributed by atoms with E-state index in [0.717, 1.165) is 33.8 Å². The molecule has 0 atom stereocenters. The molecule has 0 amide bonds. The third-order valence-electron chi connectivity index (χ3n) is 7.26. The Kier molecular flexibility index (Phi) is 13.8. The highest BCUT2D eigenvalue weighted by molar-refractivity contribution is 5.80. The highest BCUT2D eigenvalue weighted by Crippen LogP contribution is 2.35. The topological polar surface area (TPSA) is 3.24 Å². The molecule has 0 bridgehead atoms. The Morgan fingerprint density at radius 3 is 0.660 bits per heavy atom. The fourth-order valence-electron chi connectivity index (χ4n) is 4.92. The quantitative estimate of drug-likeness (QED) is 0.147. The maximum absolute atomic E-state index is 2.31. The summed E-state index contributed by atoms with van der Waals surface area (Å²) in [5.41, 5.74) is 10.4. The molecule has 1 heteroatoms. The third kappa shape index (κ3) is 10.4. The SMILES string of the molecule is C(=C\c1ccc(N(c2ccc(/C=C/c3ccccc3)cc2)c2ccc(/C=C/c3ccccc3)cc2)cc1)/c1ccccc1.CC.CC. The average Bonchev–Trinajstić information content (AvgIpc) is 3.17. The monoisotopic (exact) mass is 611 g/mol. The van der Waals surface area contributed by atoms with Gasteiger partial charge in [-0.3, -0.25) is 0 Å². The third-order valence-corrected chi connectivity index (χ3v) is 7.26. The number of benzene rings is 6. The molecule has 0 radical (unpaired) electrons. The lowest BCUT2D eigenvalue weighted by atomic mass is 10.1. The van der Waals surface area contributed by atoms with Gasteiger partial charge in [0.05, 0.1) is 0 Å². The highest BCUT2D eigenvalue weighted by atomic mass is 15.1. The van der Waals surface area contributed by atoms with Gasteiger partial charge in [0.2, 0.25) is 0 Å². The van der Waals surface area contributed by atoms with E-state index in [9.17, 15) is 0 Å². The van der Waals surface area contributed by atoms with E-state index >= 15 is 0 Å². The van der Waals surface area contributed by atoms with Gasteiger partial charge in [-0.1, -0.05) is 192 Å². The van der Waals surface area contributed by atoms with Gasteiger partial charge in [-0.2, -0.15) is 0 Å². The van der Waals surface area contributed by atoms with Crippen LogP contribution in [0.5, 0.6) is 0 Å². The number of nitrogens with zero attached hydrogens (tertiary/aromatic N) is 1. The van der Waals surface area contributed by atoms with E-state index in [4.69, 9.17) is 0 Å². The molecule has 0 fully saturated rings. The summed E-state index contributed by atoms with van der Waals surface area (Å²) in [4.78, 5) is 2.31. The molecule has 0 aromatic heterocycles. The van der Waals surface area contributed by atoms with Crippen LogP contribution in [-0.2, 0) is 0 Å². The number of rotatable bonds is 9. The number of hydrogen-bond donors (Lipinski definition) is 0. The molecule has 6 aromatic carbocycles. The standard InChI is InChI=1S/C42H33N.2C2H6/c1-4-10-34(11-5-1)16-19-37-22-28-40(29-23-37)43(41-30-24-38(25-31-41)20-17-35-12-6-2-7-13-35)42-32-26-39(27-33-42)21-18-36-14-8-3-9-15-36;2*1-2/h1-33H;2*1-2H3/b19-16+,20-17+,21-18+;;. The maximum atomic E-state index is 2.31. The normalized spacial score (nSPS) is 10.7. The zero-order valence-corrected chi connectivity index (χ0v) is 28.0. The summed E-state index contributed by atoms with van der Waals surface area (Å²) in [6.07, 6.45) is 12.9. The van der Waals surface area contributed by atoms with Gasteiger partial charge >= 0.3 is 0 Å². The molecule has 1 nitrogen and oxygen atoms in total. The van der Waals surface area contributed by atoms with Crippen LogP contribution < -0.4 is 4.90 Å². The van der Waals surface area contributed by atoms with Crippen molar-refractivity contribution in [3.8, 4) is 0 Å². The Labute approximate surface area is 282 Å². The summed E-state index contributed by atoms with van der Waals surface area (Å²) < 4.78 is 0. The molecule has 0 heterocycles. The fourth-order valence-corrected chi connectivity index (χ4v) is 4.92. The summed E-state index contributed by atoms with van der Waals surface area (Å²) in [7, 11) is 0. The van der Waals surface area contributed by atoms with Crippen molar-refractivity contribution in [3.05, 3.63) is 197 Å². The molecule has 0 N–H and O–H groups in total. The van der Waals surface area contributed by atoms with Gasteiger partial charge in [-0.25, -0.2) is 0 Å². The molecular formula is C46H45N. The van der Waals surface area contributed by atoms with E-state index in [1.165, 1.54) is 16.7 Å². The van der Waals surface area contributed by atoms with Crippen LogP contribution in [0, 0.1) is 0 Å². The average molecular weight is 612 g/mol. The second kappa shape index (κ2) is 19.0. The maximum Gasteiger partial charge on any atom is 0.0462 e. The first-order valence-corrected chi connectivity index (χ1v) is 16.6. The van der Waals surface area contributed by atoms with Crippen LogP contribution in [0.15, 0.2) is 164 Å². The molecule has 6 rings (SSSR count). The molecule has 0 aliphatic rings. The predicted molar refractivity (Wildman–Crippen MR) is 210 cm³/mol. The van der Waals surface area contributed by atoms with Gasteiger partial charge in [0.25, 0.3) is 0 Å². The van der Waals surface area contributed by atoms with Gasteiger partial charge < -0.3 is 4.90 Å². The lowest BCUT2D eigenvalue weighted by Gasteiger charge is -2.26. The first kappa shape index (κ1) is 34.2. The Bertz CT molecular complexity index is 1580. The van der Waals surface area contributed by atoms with Gasteiger partial charge in [0, 0.05) is 17.1 Å². The summed E-state index contributed by atoms with van der Waals surface area (Å²) in [5, 5.41) is 0. The van der Waals surface area contributed by atoms with Crippen molar-refractivity contribution in [2.45, 2.75) is 27.7 Å². The summed E-state index contributed by atoms with van der Waals surface area (Å²) in [6.45, 7) is 8.00. The molecule has 0 aliphatic heterocycles. The Morgan fingerprint density at radius 1 is 0.255 bits per heavy atom. The van der Waals surface area contributed by atoms with E-state index in [1.807, 2.05) is 45.9 Å². The lowest BCUT2D eigenvalue weighted by molar-refractivity contribution is 1.28. The Balaban J connectivity index is 0.00000120. The minimum atomic E-state index is 1.11. The molecule has 0 spiro atoms. The summed E-state index contributed by atoms with van der Waals surface area (Å²) in [5.74, 6) is 0. The van der Waals surface area contributed by atoms with Crippen molar-refractivity contribution >= 4 is 53.5 Å². The molecule has 0 saturated carbocycles. The molecule has 0 aliphatic carbocycles. The molecule has 6 aromatic rings. The van der Waals surface area contributed by atoms with E-state index in [0.29, 0.717) is 0 Å². The molecule has 0 unspecified atom stereocenters. The van der Waals surface area contributed by atoms with Crippen LogP contribution in [0.3, 0.4) is 0 Å². The second-order valence-corrected chi connectivity index (χ2v) is 10.3. The van der Waals surface area contributed by atoms with Crippen LogP contribution in [0.1, 0.15) is 61.1 Å². The van der Waals surface area contributed by atoms with Gasteiger partial charge in [-0.15, -0.1) is 0 Å². The minimum Gasteiger partial charge on any atom is -0.311 e. The molecule has 234 valence electrons. The largest absolute Gasteiger partial charge is 0.311 e. The predicted octanol–water partition coefficient (Wildman–Crippen LogP) is 13.7. The van der Waals surface area contributed by atoms with Gasteiger partial charge in [-0.05, 0) is 69.8 Å². The zero-order chi connectivity index (χ0) is 33.1. The van der Waals surface area contributed by atoms with Crippen molar-refractivity contribution in [1.29, 1.82) is 0 Å². The second-order valence-electron chi connectivity index (χ2n) is 10.3. The first-order chi connectivity index (χ1) is 23.3. The van der Waals surface area contributed by atoms with Crippen LogP contribution in [0.2, 0.25) is 0 Å². The van der Waals surface area contributed by atoms with Crippen LogP contribution in [-0.4, -0.2) is 0 Å². The van der Waals surface area contributed by atoms with E-state index in [1.54, 1.807) is 0 Å². The Morgan fingerprint density at radius 2 is 0.447 bits per heavy atom. The minimum absolute atomic E-state index is 1.11. The Hall–Kier alpha value is -5.66. The number of anilines is 3. The van der Waals surface area contributed by atoms with Crippen LogP contribution in [0.25, 0.3) is 36.5 Å². The fraction of sp³-hybridized carbons (Fsp3) is 0.0870. The summed E-state index contributed by atoms with van der Waals surface area (Å²) >= 11 is 0. The van der Waals surface area contributed by atoms with E-state index < -0.39 is 0 Å². The smallest absolute Gasteiger partial charge is 0.0462 e. The molecule has 47 heavy (non-hydrogen) atoms. The van der Waals surface area contributed by atoms with Gasteiger partial charge in [0.15, 0.2) is 0 Å².